The quantitative estimate of drug-likeness (QED) is 0.503. The molecule has 1 rings (SSSR count). The van der Waals surface area contributed by atoms with Crippen LogP contribution in [0.25, 0.3) is 0 Å². The van der Waals surface area contributed by atoms with Crippen molar-refractivity contribution < 1.29 is 4.79 Å². The van der Waals surface area contributed by atoms with E-state index in [1.165, 1.54) is 36.0 Å². The van der Waals surface area contributed by atoms with Crippen molar-refractivity contribution in [2.75, 3.05) is 0 Å². The molecule has 0 radical (unpaired) electrons. The van der Waals surface area contributed by atoms with Crippen LogP contribution in [0.2, 0.25) is 0 Å². The van der Waals surface area contributed by atoms with Crippen LogP contribution in [0.4, 0.5) is 0 Å². The van der Waals surface area contributed by atoms with Crippen LogP contribution >= 0.6 is 0 Å². The van der Waals surface area contributed by atoms with Gasteiger partial charge in [-0.25, -0.2) is 0 Å². The van der Waals surface area contributed by atoms with E-state index in [4.69, 9.17) is 0 Å². The highest BCUT2D eigenvalue weighted by molar-refractivity contribution is 5.87. The van der Waals surface area contributed by atoms with Crippen LogP contribution in [0.1, 0.15) is 53.9 Å². The Morgan fingerprint density at radius 1 is 1.21 bits per heavy atom. The Morgan fingerprint density at radius 2 is 1.89 bits per heavy atom. The second-order valence-corrected chi connectivity index (χ2v) is 6.15. The van der Waals surface area contributed by atoms with Crippen LogP contribution < -0.4 is 0 Å². The molecule has 0 saturated carbocycles. The molecule has 0 atom stereocenters. The number of carbonyl (C=O) groups excluding carboxylic acids is 1. The van der Waals surface area contributed by atoms with Crippen molar-refractivity contribution in [1.29, 1.82) is 0 Å². The molecular weight excluding hydrogens is 232 g/mol. The van der Waals surface area contributed by atoms with Gasteiger partial charge in [0.15, 0.2) is 5.78 Å². The minimum absolute atomic E-state index is 0.0833. The van der Waals surface area contributed by atoms with E-state index in [2.05, 4.69) is 39.8 Å². The van der Waals surface area contributed by atoms with Gasteiger partial charge >= 0.3 is 0 Å². The summed E-state index contributed by atoms with van der Waals surface area (Å²) in [4.78, 5) is 10.8. The number of ketones is 1. The van der Waals surface area contributed by atoms with Gasteiger partial charge in [0.1, 0.15) is 0 Å². The highest BCUT2D eigenvalue weighted by Crippen LogP contribution is 2.40. The molecule has 0 amide bonds. The SMILES string of the molecule is CC(=O)C=CC=C(C)/C=C/C1=C(C)CCCC1(C)C. The third-order valence-corrected chi connectivity index (χ3v) is 3.75. The molecule has 0 heterocycles. The lowest BCUT2D eigenvalue weighted by atomic mass is 9.72. The topological polar surface area (TPSA) is 17.1 Å². The summed E-state index contributed by atoms with van der Waals surface area (Å²) in [7, 11) is 0. The van der Waals surface area contributed by atoms with Gasteiger partial charge in [-0.3, -0.25) is 4.79 Å². The lowest BCUT2D eigenvalue weighted by Gasteiger charge is -2.32. The molecule has 0 spiro atoms. The van der Waals surface area contributed by atoms with Crippen molar-refractivity contribution in [3.63, 3.8) is 0 Å². The summed E-state index contributed by atoms with van der Waals surface area (Å²) < 4.78 is 0. The van der Waals surface area contributed by atoms with Crippen LogP contribution in [0.15, 0.2) is 47.1 Å². The second kappa shape index (κ2) is 6.70. The fourth-order valence-corrected chi connectivity index (χ4v) is 2.62. The molecule has 0 aromatic rings. The van der Waals surface area contributed by atoms with Crippen molar-refractivity contribution >= 4 is 5.78 Å². The summed E-state index contributed by atoms with van der Waals surface area (Å²) in [6, 6.07) is 0. The van der Waals surface area contributed by atoms with Crippen LogP contribution in [0, 0.1) is 5.41 Å². The first-order valence-electron chi connectivity index (χ1n) is 7.07. The van der Waals surface area contributed by atoms with Gasteiger partial charge in [-0.2, -0.15) is 0 Å². The Bertz CT molecular complexity index is 456. The van der Waals surface area contributed by atoms with Crippen molar-refractivity contribution in [2.45, 2.75) is 53.9 Å². The van der Waals surface area contributed by atoms with Gasteiger partial charge < -0.3 is 0 Å². The van der Waals surface area contributed by atoms with Gasteiger partial charge in [0, 0.05) is 0 Å². The average Bonchev–Trinajstić information content (AvgIpc) is 2.26. The molecule has 0 bridgehead atoms. The predicted molar refractivity (Wildman–Crippen MR) is 83.1 cm³/mol. The number of hydrogen-bond donors (Lipinski definition) is 0. The molecule has 0 unspecified atom stereocenters. The molecule has 1 aliphatic carbocycles. The molecular formula is C18H26O. The minimum Gasteiger partial charge on any atom is -0.295 e. The second-order valence-electron chi connectivity index (χ2n) is 6.15. The Hall–Kier alpha value is -1.37. The summed E-state index contributed by atoms with van der Waals surface area (Å²) >= 11 is 0. The maximum Gasteiger partial charge on any atom is 0.152 e. The zero-order chi connectivity index (χ0) is 14.5. The predicted octanol–water partition coefficient (Wildman–Crippen LogP) is 5.16. The first kappa shape index (κ1) is 15.7. The van der Waals surface area contributed by atoms with Crippen LogP contribution in [-0.2, 0) is 4.79 Å². The van der Waals surface area contributed by atoms with Crippen LogP contribution in [0.3, 0.4) is 0 Å². The summed E-state index contributed by atoms with van der Waals surface area (Å²) in [6.07, 6.45) is 13.6. The van der Waals surface area contributed by atoms with Gasteiger partial charge in [-0.15, -0.1) is 0 Å². The van der Waals surface area contributed by atoms with Gasteiger partial charge in [-0.05, 0) is 57.1 Å². The number of carbonyl (C=O) groups is 1. The van der Waals surface area contributed by atoms with Crippen LogP contribution in [-0.4, -0.2) is 5.78 Å². The standard InChI is InChI=1S/C18H26O/c1-14(8-6-10-16(3)19)11-12-17-15(2)9-7-13-18(17,4)5/h6,8,10-12H,7,9,13H2,1-5H3/b10-6?,12-11+,14-8?. The molecule has 19 heavy (non-hydrogen) atoms. The van der Waals surface area contributed by atoms with Gasteiger partial charge in [0.05, 0.1) is 0 Å². The lowest BCUT2D eigenvalue weighted by Crippen LogP contribution is -2.19. The van der Waals surface area contributed by atoms with E-state index in [9.17, 15) is 4.79 Å². The summed E-state index contributed by atoms with van der Waals surface area (Å²) in [5, 5.41) is 0. The monoisotopic (exact) mass is 258 g/mol. The highest BCUT2D eigenvalue weighted by atomic mass is 16.1. The molecule has 0 aromatic heterocycles. The number of hydrogen-bond acceptors (Lipinski definition) is 1. The van der Waals surface area contributed by atoms with Crippen molar-refractivity contribution in [1.82, 2.24) is 0 Å². The third kappa shape index (κ3) is 5.02. The van der Waals surface area contributed by atoms with E-state index in [-0.39, 0.29) is 11.2 Å². The Kier molecular flexibility index (Phi) is 5.53. The van der Waals surface area contributed by atoms with Crippen molar-refractivity contribution in [3.05, 3.63) is 47.1 Å². The number of allylic oxidation sites excluding steroid dienone is 8. The number of rotatable bonds is 4. The molecule has 104 valence electrons. The van der Waals surface area contributed by atoms with Crippen molar-refractivity contribution in [2.24, 2.45) is 5.41 Å². The lowest BCUT2D eigenvalue weighted by molar-refractivity contribution is -0.112. The normalized spacial score (nSPS) is 20.6. The molecule has 0 saturated heterocycles. The molecule has 0 aliphatic heterocycles. The average molecular weight is 258 g/mol. The van der Waals surface area contributed by atoms with E-state index >= 15 is 0 Å². The van der Waals surface area contributed by atoms with Crippen molar-refractivity contribution in [3.8, 4) is 0 Å². The van der Waals surface area contributed by atoms with Crippen LogP contribution in [0.5, 0.6) is 0 Å². The minimum atomic E-state index is 0.0833. The smallest absolute Gasteiger partial charge is 0.152 e. The molecule has 0 N–H and O–H groups in total. The highest BCUT2D eigenvalue weighted by Gasteiger charge is 2.26. The fourth-order valence-electron chi connectivity index (χ4n) is 2.62. The summed E-state index contributed by atoms with van der Waals surface area (Å²) in [5.41, 5.74) is 4.44. The molecule has 1 nitrogen and oxygen atoms in total. The van der Waals surface area contributed by atoms with Gasteiger partial charge in [0.25, 0.3) is 0 Å². The van der Waals surface area contributed by atoms with E-state index in [0.717, 1.165) is 0 Å². The first-order valence-corrected chi connectivity index (χ1v) is 7.07. The van der Waals surface area contributed by atoms with E-state index in [1.54, 1.807) is 13.0 Å². The first-order chi connectivity index (χ1) is 8.83. The third-order valence-electron chi connectivity index (χ3n) is 3.75. The zero-order valence-corrected chi connectivity index (χ0v) is 12.9. The maximum atomic E-state index is 10.8. The summed E-state index contributed by atoms with van der Waals surface area (Å²) in [5.74, 6) is 0.0833. The molecule has 0 aromatic carbocycles. The molecule has 1 aliphatic rings. The van der Waals surface area contributed by atoms with Gasteiger partial charge in [0.2, 0.25) is 0 Å². The Balaban J connectivity index is 2.83. The molecule has 1 heteroatoms. The summed E-state index contributed by atoms with van der Waals surface area (Å²) in [6.45, 7) is 10.5. The van der Waals surface area contributed by atoms with E-state index in [0.29, 0.717) is 0 Å². The van der Waals surface area contributed by atoms with Gasteiger partial charge in [-0.1, -0.05) is 49.3 Å². The maximum absolute atomic E-state index is 10.8. The Labute approximate surface area is 117 Å². The zero-order valence-electron chi connectivity index (χ0n) is 12.9. The van der Waals surface area contributed by atoms with E-state index < -0.39 is 0 Å². The fraction of sp³-hybridized carbons (Fsp3) is 0.500. The molecule has 0 fully saturated rings. The largest absolute Gasteiger partial charge is 0.295 e. The Morgan fingerprint density at radius 3 is 2.47 bits per heavy atom. The van der Waals surface area contributed by atoms with E-state index in [1.807, 2.05) is 12.2 Å².